The highest BCUT2D eigenvalue weighted by Crippen LogP contribution is 2.21. The maximum Gasteiger partial charge on any atom is 0.163 e. The number of rotatable bonds is 4. The van der Waals surface area contributed by atoms with Crippen molar-refractivity contribution in [2.24, 2.45) is 0 Å². The lowest BCUT2D eigenvalue weighted by Crippen LogP contribution is -2.30. The molecular weight excluding hydrogens is 206 g/mol. The van der Waals surface area contributed by atoms with Crippen molar-refractivity contribution in [1.82, 2.24) is 15.5 Å². The van der Waals surface area contributed by atoms with E-state index in [0.29, 0.717) is 6.61 Å². The van der Waals surface area contributed by atoms with Gasteiger partial charge in [-0.15, -0.1) is 0 Å². The van der Waals surface area contributed by atoms with Crippen LogP contribution in [-0.4, -0.2) is 35.2 Å². The summed E-state index contributed by atoms with van der Waals surface area (Å²) >= 11 is 0. The minimum atomic E-state index is -0.433. The van der Waals surface area contributed by atoms with Crippen LogP contribution < -0.4 is 5.32 Å². The van der Waals surface area contributed by atoms with Crippen LogP contribution in [0, 0.1) is 6.92 Å². The fraction of sp³-hybridized carbons (Fsp3) is 0.727. The molecule has 1 aliphatic heterocycles. The number of hydrogen-bond donors (Lipinski definition) is 2. The first-order chi connectivity index (χ1) is 7.57. The van der Waals surface area contributed by atoms with Crippen LogP contribution in [0.3, 0.4) is 0 Å². The maximum absolute atomic E-state index is 5.69. The van der Waals surface area contributed by atoms with Gasteiger partial charge in [-0.3, -0.25) is 5.10 Å². The van der Waals surface area contributed by atoms with Gasteiger partial charge in [-0.1, -0.05) is 0 Å². The van der Waals surface area contributed by atoms with E-state index < -0.39 is 5.79 Å². The first-order valence-electron chi connectivity index (χ1n) is 5.58. The molecule has 2 heterocycles. The van der Waals surface area contributed by atoms with Gasteiger partial charge >= 0.3 is 0 Å². The van der Waals surface area contributed by atoms with Crippen molar-refractivity contribution in [3.8, 4) is 0 Å². The molecule has 1 aromatic heterocycles. The highest BCUT2D eigenvalue weighted by atomic mass is 16.7. The first-order valence-corrected chi connectivity index (χ1v) is 5.58. The van der Waals surface area contributed by atoms with E-state index in [4.69, 9.17) is 9.47 Å². The molecule has 1 atom stereocenters. The molecule has 0 aliphatic carbocycles. The molecule has 1 saturated heterocycles. The van der Waals surface area contributed by atoms with E-state index in [0.717, 1.165) is 18.8 Å². The summed E-state index contributed by atoms with van der Waals surface area (Å²) in [6.07, 6.45) is 1.99. The zero-order chi connectivity index (χ0) is 11.6. The summed E-state index contributed by atoms with van der Waals surface area (Å²) in [5.74, 6) is -0.433. The molecule has 0 radical (unpaired) electrons. The Kier molecular flexibility index (Phi) is 3.28. The SMILES string of the molecule is Cc1[nH]ncc1CNCC1COC(C)(C)O1. The fourth-order valence-electron chi connectivity index (χ4n) is 1.79. The van der Waals surface area contributed by atoms with E-state index in [9.17, 15) is 0 Å². The second kappa shape index (κ2) is 4.53. The van der Waals surface area contributed by atoms with E-state index in [2.05, 4.69) is 15.5 Å². The summed E-state index contributed by atoms with van der Waals surface area (Å²) < 4.78 is 11.2. The molecule has 1 aliphatic rings. The topological polar surface area (TPSA) is 59.2 Å². The lowest BCUT2D eigenvalue weighted by Gasteiger charge is -2.17. The van der Waals surface area contributed by atoms with E-state index in [1.54, 1.807) is 0 Å². The van der Waals surface area contributed by atoms with Crippen molar-refractivity contribution in [2.45, 2.75) is 39.2 Å². The molecule has 5 heteroatoms. The van der Waals surface area contributed by atoms with Crippen molar-refractivity contribution in [3.63, 3.8) is 0 Å². The van der Waals surface area contributed by atoms with Crippen LogP contribution in [0.15, 0.2) is 6.20 Å². The molecule has 1 unspecified atom stereocenters. The van der Waals surface area contributed by atoms with Crippen LogP contribution in [-0.2, 0) is 16.0 Å². The van der Waals surface area contributed by atoms with E-state index in [1.807, 2.05) is 27.0 Å². The summed E-state index contributed by atoms with van der Waals surface area (Å²) in [5.41, 5.74) is 2.30. The predicted molar refractivity (Wildman–Crippen MR) is 59.9 cm³/mol. The summed E-state index contributed by atoms with van der Waals surface area (Å²) in [7, 11) is 0. The van der Waals surface area contributed by atoms with Gasteiger partial charge in [-0.2, -0.15) is 5.10 Å². The smallest absolute Gasteiger partial charge is 0.163 e. The molecule has 5 nitrogen and oxygen atoms in total. The van der Waals surface area contributed by atoms with Crippen LogP contribution >= 0.6 is 0 Å². The van der Waals surface area contributed by atoms with Gasteiger partial charge in [0.25, 0.3) is 0 Å². The zero-order valence-corrected chi connectivity index (χ0v) is 10.0. The Morgan fingerprint density at radius 2 is 2.44 bits per heavy atom. The number of H-pyrrole nitrogens is 1. The molecule has 0 spiro atoms. The van der Waals surface area contributed by atoms with Crippen molar-refractivity contribution in [2.75, 3.05) is 13.2 Å². The Morgan fingerprint density at radius 1 is 1.62 bits per heavy atom. The summed E-state index contributed by atoms with van der Waals surface area (Å²) in [6.45, 7) is 8.16. The van der Waals surface area contributed by atoms with Crippen molar-refractivity contribution >= 4 is 0 Å². The number of nitrogens with zero attached hydrogens (tertiary/aromatic N) is 1. The highest BCUT2D eigenvalue weighted by Gasteiger charge is 2.32. The average Bonchev–Trinajstić information content (AvgIpc) is 2.74. The van der Waals surface area contributed by atoms with Crippen LogP contribution in [0.4, 0.5) is 0 Å². The largest absolute Gasteiger partial charge is 0.348 e. The minimum Gasteiger partial charge on any atom is -0.348 e. The van der Waals surface area contributed by atoms with Crippen LogP contribution in [0.1, 0.15) is 25.1 Å². The summed E-state index contributed by atoms with van der Waals surface area (Å²) in [4.78, 5) is 0. The van der Waals surface area contributed by atoms with E-state index >= 15 is 0 Å². The van der Waals surface area contributed by atoms with Gasteiger partial charge in [0.2, 0.25) is 0 Å². The molecule has 0 aromatic carbocycles. The molecule has 16 heavy (non-hydrogen) atoms. The first kappa shape index (κ1) is 11.6. The Morgan fingerprint density at radius 3 is 3.00 bits per heavy atom. The number of ether oxygens (including phenoxy) is 2. The average molecular weight is 225 g/mol. The van der Waals surface area contributed by atoms with Crippen LogP contribution in [0.5, 0.6) is 0 Å². The number of aryl methyl sites for hydroxylation is 1. The molecule has 2 N–H and O–H groups in total. The monoisotopic (exact) mass is 225 g/mol. The van der Waals surface area contributed by atoms with Gasteiger partial charge in [-0.05, 0) is 20.8 Å². The molecule has 0 amide bonds. The summed E-state index contributed by atoms with van der Waals surface area (Å²) in [5, 5.41) is 10.2. The second-order valence-corrected chi connectivity index (χ2v) is 4.60. The molecule has 0 bridgehead atoms. The Labute approximate surface area is 95.5 Å². The van der Waals surface area contributed by atoms with E-state index in [-0.39, 0.29) is 6.10 Å². The van der Waals surface area contributed by atoms with E-state index in [1.165, 1.54) is 5.56 Å². The number of hydrogen-bond acceptors (Lipinski definition) is 4. The van der Waals surface area contributed by atoms with Crippen molar-refractivity contribution in [1.29, 1.82) is 0 Å². The molecule has 1 aromatic rings. The normalized spacial score (nSPS) is 23.8. The second-order valence-electron chi connectivity index (χ2n) is 4.60. The van der Waals surface area contributed by atoms with Gasteiger partial charge in [0.1, 0.15) is 0 Å². The number of aromatic nitrogens is 2. The van der Waals surface area contributed by atoms with Gasteiger partial charge in [0, 0.05) is 24.3 Å². The predicted octanol–water partition coefficient (Wildman–Crippen LogP) is 0.959. The highest BCUT2D eigenvalue weighted by molar-refractivity contribution is 5.13. The third-order valence-corrected chi connectivity index (χ3v) is 2.69. The van der Waals surface area contributed by atoms with Crippen LogP contribution in [0.25, 0.3) is 0 Å². The van der Waals surface area contributed by atoms with Gasteiger partial charge < -0.3 is 14.8 Å². The zero-order valence-electron chi connectivity index (χ0n) is 10.0. The third-order valence-electron chi connectivity index (χ3n) is 2.69. The number of aromatic amines is 1. The quantitative estimate of drug-likeness (QED) is 0.801. The van der Waals surface area contributed by atoms with Gasteiger partial charge in [0.05, 0.1) is 18.9 Å². The summed E-state index contributed by atoms with van der Waals surface area (Å²) in [6, 6.07) is 0. The minimum absolute atomic E-state index is 0.141. The van der Waals surface area contributed by atoms with Crippen molar-refractivity contribution in [3.05, 3.63) is 17.5 Å². The molecule has 0 saturated carbocycles. The van der Waals surface area contributed by atoms with Crippen molar-refractivity contribution < 1.29 is 9.47 Å². The Hall–Kier alpha value is -0.910. The van der Waals surface area contributed by atoms with Gasteiger partial charge in [-0.25, -0.2) is 0 Å². The third kappa shape index (κ3) is 2.81. The number of nitrogens with one attached hydrogen (secondary N) is 2. The Bertz CT molecular complexity index is 349. The maximum atomic E-state index is 5.69. The molecule has 90 valence electrons. The molecule has 1 fully saturated rings. The fourth-order valence-corrected chi connectivity index (χ4v) is 1.79. The molecular formula is C11H19N3O2. The van der Waals surface area contributed by atoms with Gasteiger partial charge in [0.15, 0.2) is 5.79 Å². The Balaban J connectivity index is 1.71. The standard InChI is InChI=1S/C11H19N3O2/c1-8-9(5-13-14-8)4-12-6-10-7-15-11(2,3)16-10/h5,10,12H,4,6-7H2,1-3H3,(H,13,14). The molecule has 2 rings (SSSR count). The lowest BCUT2D eigenvalue weighted by atomic mass is 10.2. The van der Waals surface area contributed by atoms with Crippen LogP contribution in [0.2, 0.25) is 0 Å². The lowest BCUT2D eigenvalue weighted by molar-refractivity contribution is -0.137.